The van der Waals surface area contributed by atoms with Crippen LogP contribution in [0.15, 0.2) is 40.2 Å². The molecule has 0 saturated heterocycles. The molecule has 1 aromatic carbocycles. The van der Waals surface area contributed by atoms with Crippen LogP contribution in [0.4, 0.5) is 4.39 Å². The molecule has 0 amide bonds. The summed E-state index contributed by atoms with van der Waals surface area (Å²) in [5, 5.41) is 1.97. The van der Waals surface area contributed by atoms with E-state index in [0.717, 1.165) is 14.9 Å². The van der Waals surface area contributed by atoms with Gasteiger partial charge in [0.25, 0.3) is 0 Å². The highest BCUT2D eigenvalue weighted by atomic mass is 79.9. The number of hydrogen-bond acceptors (Lipinski definition) is 2. The van der Waals surface area contributed by atoms with Crippen molar-refractivity contribution in [2.75, 3.05) is 0 Å². The standard InChI is InChI=1S/C15H14BrFOS/c1-15(2,10-3-5-12(17)6-4-10)14(18)8-13-7-11(16)9-19-13/h3-7,9H,8H2,1-2H3. The maximum atomic E-state index is 12.9. The van der Waals surface area contributed by atoms with Gasteiger partial charge in [-0.05, 0) is 53.5 Å². The second-order valence-corrected chi connectivity index (χ2v) is 6.87. The molecule has 0 saturated carbocycles. The molecular formula is C15H14BrFOS. The highest BCUT2D eigenvalue weighted by molar-refractivity contribution is 9.10. The molecule has 0 radical (unpaired) electrons. The second-order valence-electron chi connectivity index (χ2n) is 4.96. The number of ketones is 1. The summed E-state index contributed by atoms with van der Waals surface area (Å²) in [5.41, 5.74) is 0.235. The van der Waals surface area contributed by atoms with Crippen LogP contribution in [-0.4, -0.2) is 5.78 Å². The first kappa shape index (κ1) is 14.4. The van der Waals surface area contributed by atoms with Crippen LogP contribution in [0.1, 0.15) is 24.3 Å². The molecule has 0 aliphatic carbocycles. The first-order valence-electron chi connectivity index (χ1n) is 5.92. The molecule has 0 fully saturated rings. The minimum atomic E-state index is -0.607. The number of thiophene rings is 1. The van der Waals surface area contributed by atoms with E-state index in [0.29, 0.717) is 6.42 Å². The van der Waals surface area contributed by atoms with Crippen LogP contribution in [0, 0.1) is 5.82 Å². The minimum absolute atomic E-state index is 0.133. The van der Waals surface area contributed by atoms with E-state index in [9.17, 15) is 9.18 Å². The van der Waals surface area contributed by atoms with Gasteiger partial charge in [-0.2, -0.15) is 0 Å². The lowest BCUT2D eigenvalue weighted by Gasteiger charge is -2.23. The summed E-state index contributed by atoms with van der Waals surface area (Å²) in [4.78, 5) is 13.5. The van der Waals surface area contributed by atoms with Gasteiger partial charge in [0.15, 0.2) is 0 Å². The average molecular weight is 341 g/mol. The summed E-state index contributed by atoms with van der Waals surface area (Å²) in [6.45, 7) is 3.76. The molecule has 2 rings (SSSR count). The van der Waals surface area contributed by atoms with Crippen molar-refractivity contribution in [2.24, 2.45) is 0 Å². The van der Waals surface area contributed by atoms with Crippen molar-refractivity contribution in [3.63, 3.8) is 0 Å². The van der Waals surface area contributed by atoms with Gasteiger partial charge in [0, 0.05) is 26.6 Å². The van der Waals surface area contributed by atoms with Crippen molar-refractivity contribution >= 4 is 33.0 Å². The van der Waals surface area contributed by atoms with E-state index in [-0.39, 0.29) is 11.6 Å². The molecule has 0 aliphatic heterocycles. The Bertz CT molecular complexity index is 586. The van der Waals surface area contributed by atoms with Crippen LogP contribution in [0.25, 0.3) is 0 Å². The highest BCUT2D eigenvalue weighted by Crippen LogP contribution is 2.28. The minimum Gasteiger partial charge on any atom is -0.298 e. The maximum absolute atomic E-state index is 12.9. The molecule has 1 heterocycles. The van der Waals surface area contributed by atoms with Gasteiger partial charge < -0.3 is 0 Å². The smallest absolute Gasteiger partial charge is 0.148 e. The molecule has 1 nitrogen and oxygen atoms in total. The Hall–Kier alpha value is -1.00. The zero-order valence-corrected chi connectivity index (χ0v) is 13.1. The quantitative estimate of drug-likeness (QED) is 0.785. The Morgan fingerprint density at radius 2 is 1.95 bits per heavy atom. The van der Waals surface area contributed by atoms with Crippen molar-refractivity contribution in [2.45, 2.75) is 25.7 Å². The Labute approximate surface area is 124 Å². The van der Waals surface area contributed by atoms with Crippen molar-refractivity contribution in [1.29, 1.82) is 0 Å². The molecule has 0 bridgehead atoms. The fourth-order valence-electron chi connectivity index (χ4n) is 1.85. The Morgan fingerprint density at radius 3 is 2.47 bits per heavy atom. The maximum Gasteiger partial charge on any atom is 0.148 e. The van der Waals surface area contributed by atoms with Crippen molar-refractivity contribution < 1.29 is 9.18 Å². The van der Waals surface area contributed by atoms with Crippen LogP contribution in [0.2, 0.25) is 0 Å². The van der Waals surface area contributed by atoms with Gasteiger partial charge in [-0.1, -0.05) is 12.1 Å². The van der Waals surface area contributed by atoms with Crippen molar-refractivity contribution in [1.82, 2.24) is 0 Å². The van der Waals surface area contributed by atoms with Gasteiger partial charge in [-0.15, -0.1) is 11.3 Å². The lowest BCUT2D eigenvalue weighted by molar-refractivity contribution is -0.122. The van der Waals surface area contributed by atoms with Crippen molar-refractivity contribution in [3.05, 3.63) is 56.4 Å². The highest BCUT2D eigenvalue weighted by Gasteiger charge is 2.29. The number of carbonyl (C=O) groups excluding carboxylic acids is 1. The van der Waals surface area contributed by atoms with Crippen LogP contribution in [0.5, 0.6) is 0 Å². The van der Waals surface area contributed by atoms with E-state index in [1.165, 1.54) is 12.1 Å². The molecule has 0 spiro atoms. The Morgan fingerprint density at radius 1 is 1.32 bits per heavy atom. The lowest BCUT2D eigenvalue weighted by atomic mass is 9.79. The number of rotatable bonds is 4. The van der Waals surface area contributed by atoms with Crippen LogP contribution < -0.4 is 0 Å². The predicted octanol–water partition coefficient (Wildman–Crippen LogP) is 4.74. The lowest BCUT2D eigenvalue weighted by Crippen LogP contribution is -2.30. The van der Waals surface area contributed by atoms with E-state index in [1.54, 1.807) is 23.5 Å². The summed E-state index contributed by atoms with van der Waals surface area (Å²) in [7, 11) is 0. The third-order valence-corrected chi connectivity index (χ3v) is 4.92. The molecule has 0 unspecified atom stereocenters. The average Bonchev–Trinajstić information content (AvgIpc) is 2.75. The molecule has 0 atom stereocenters. The summed E-state index contributed by atoms with van der Waals surface area (Å²) in [6, 6.07) is 8.11. The Balaban J connectivity index is 2.19. The van der Waals surface area contributed by atoms with Gasteiger partial charge >= 0.3 is 0 Å². The zero-order valence-electron chi connectivity index (χ0n) is 10.7. The summed E-state index contributed by atoms with van der Waals surface area (Å²) < 4.78 is 13.9. The first-order valence-corrected chi connectivity index (χ1v) is 7.59. The van der Waals surface area contributed by atoms with E-state index >= 15 is 0 Å². The summed E-state index contributed by atoms with van der Waals surface area (Å²) in [6.07, 6.45) is 0.403. The SMILES string of the molecule is CC(C)(C(=O)Cc1cc(Br)cs1)c1ccc(F)cc1. The molecule has 19 heavy (non-hydrogen) atoms. The number of benzene rings is 1. The van der Waals surface area contributed by atoms with Gasteiger partial charge in [0.05, 0.1) is 0 Å². The third kappa shape index (κ3) is 3.31. The molecule has 0 aliphatic rings. The van der Waals surface area contributed by atoms with Crippen molar-refractivity contribution in [3.8, 4) is 0 Å². The molecule has 0 N–H and O–H groups in total. The largest absolute Gasteiger partial charge is 0.298 e. The number of halogens is 2. The fourth-order valence-corrected chi connectivity index (χ4v) is 3.30. The van der Waals surface area contributed by atoms with Gasteiger partial charge in [-0.3, -0.25) is 4.79 Å². The number of Topliss-reactive ketones (excluding diaryl/α,β-unsaturated/α-hetero) is 1. The normalized spacial score (nSPS) is 11.6. The molecular weight excluding hydrogens is 327 g/mol. The fraction of sp³-hybridized carbons (Fsp3) is 0.267. The summed E-state index contributed by atoms with van der Waals surface area (Å²) >= 11 is 4.95. The number of hydrogen-bond donors (Lipinski definition) is 0. The first-order chi connectivity index (χ1) is 8.89. The van der Waals surface area contributed by atoms with Gasteiger partial charge in [-0.25, -0.2) is 4.39 Å². The summed E-state index contributed by atoms with van der Waals surface area (Å²) in [5.74, 6) is -0.150. The molecule has 4 heteroatoms. The van der Waals surface area contributed by atoms with Crippen LogP contribution in [-0.2, 0) is 16.6 Å². The van der Waals surface area contributed by atoms with E-state index in [1.807, 2.05) is 25.3 Å². The molecule has 100 valence electrons. The van der Waals surface area contributed by atoms with E-state index < -0.39 is 5.41 Å². The molecule has 2 aromatic rings. The van der Waals surface area contributed by atoms with Gasteiger partial charge in [0.2, 0.25) is 0 Å². The Kier molecular flexibility index (Phi) is 4.21. The van der Waals surface area contributed by atoms with Crippen LogP contribution in [0.3, 0.4) is 0 Å². The van der Waals surface area contributed by atoms with Crippen LogP contribution >= 0.6 is 27.3 Å². The topological polar surface area (TPSA) is 17.1 Å². The zero-order chi connectivity index (χ0) is 14.0. The second kappa shape index (κ2) is 5.55. The monoisotopic (exact) mass is 340 g/mol. The van der Waals surface area contributed by atoms with Gasteiger partial charge in [0.1, 0.15) is 11.6 Å². The number of carbonyl (C=O) groups is 1. The molecule has 1 aromatic heterocycles. The van der Waals surface area contributed by atoms with E-state index in [4.69, 9.17) is 0 Å². The predicted molar refractivity (Wildman–Crippen MR) is 80.2 cm³/mol. The van der Waals surface area contributed by atoms with E-state index in [2.05, 4.69) is 15.9 Å². The third-order valence-electron chi connectivity index (χ3n) is 3.22.